The second kappa shape index (κ2) is 4.73. The second-order valence-corrected chi connectivity index (χ2v) is 3.67. The number of rotatable bonds is 4. The van der Waals surface area contributed by atoms with E-state index in [1.165, 1.54) is 0 Å². The number of nitrogens with two attached hydrogens (primary N) is 1. The molecule has 0 saturated heterocycles. The van der Waals surface area contributed by atoms with Crippen molar-refractivity contribution in [3.05, 3.63) is 35.8 Å². The van der Waals surface area contributed by atoms with Gasteiger partial charge in [0.15, 0.2) is 0 Å². The fraction of sp³-hybridized carbons (Fsp3) is 0.273. The van der Waals surface area contributed by atoms with Crippen LogP contribution in [0.3, 0.4) is 0 Å². The Kier molecular flexibility index (Phi) is 3.13. The molecule has 0 atom stereocenters. The molecule has 0 radical (unpaired) electrons. The van der Waals surface area contributed by atoms with Crippen LogP contribution in [0, 0.1) is 0 Å². The normalized spacial score (nSPS) is 10.4. The van der Waals surface area contributed by atoms with E-state index in [0.717, 1.165) is 12.1 Å². The minimum atomic E-state index is -0.113. The molecule has 6 heteroatoms. The maximum Gasteiger partial charge on any atom is 0.268 e. The van der Waals surface area contributed by atoms with E-state index in [4.69, 9.17) is 5.73 Å². The first-order valence-corrected chi connectivity index (χ1v) is 5.43. The van der Waals surface area contributed by atoms with Crippen molar-refractivity contribution in [3.8, 4) is 0 Å². The number of aromatic nitrogens is 3. The van der Waals surface area contributed by atoms with Gasteiger partial charge in [-0.25, -0.2) is 0 Å². The van der Waals surface area contributed by atoms with Crippen LogP contribution in [0.1, 0.15) is 23.0 Å². The van der Waals surface area contributed by atoms with E-state index in [1.54, 1.807) is 12.3 Å². The zero-order chi connectivity index (χ0) is 12.3. The summed E-state index contributed by atoms with van der Waals surface area (Å²) in [7, 11) is 0. The number of nitrogens with zero attached hydrogens (tertiary/aromatic N) is 2. The molecule has 1 amide bonds. The van der Waals surface area contributed by atoms with E-state index in [0.29, 0.717) is 18.1 Å². The number of hydrogen-bond donors (Lipinski definition) is 3. The van der Waals surface area contributed by atoms with Gasteiger partial charge < -0.3 is 15.6 Å². The van der Waals surface area contributed by atoms with Crippen LogP contribution in [-0.4, -0.2) is 20.7 Å². The lowest BCUT2D eigenvalue weighted by atomic mass is 10.3. The number of aromatic amines is 1. The predicted octanol–water partition coefficient (Wildman–Crippen LogP) is 0.743. The van der Waals surface area contributed by atoms with Crippen LogP contribution < -0.4 is 11.1 Å². The molecule has 0 unspecified atom stereocenters. The molecule has 6 nitrogen and oxygen atoms in total. The average molecular weight is 233 g/mol. The van der Waals surface area contributed by atoms with Gasteiger partial charge in [0, 0.05) is 24.8 Å². The quantitative estimate of drug-likeness (QED) is 0.727. The highest BCUT2D eigenvalue weighted by molar-refractivity contribution is 5.92. The van der Waals surface area contributed by atoms with Gasteiger partial charge in [0.25, 0.3) is 5.91 Å². The zero-order valence-electron chi connectivity index (χ0n) is 9.60. The van der Waals surface area contributed by atoms with Gasteiger partial charge in [-0.2, -0.15) is 5.10 Å². The van der Waals surface area contributed by atoms with Crippen molar-refractivity contribution < 1.29 is 4.79 Å². The van der Waals surface area contributed by atoms with Crippen molar-refractivity contribution in [2.24, 2.45) is 0 Å². The number of amides is 1. The maximum absolute atomic E-state index is 11.9. The Morgan fingerprint density at radius 2 is 2.47 bits per heavy atom. The Hall–Kier alpha value is -2.24. The summed E-state index contributed by atoms with van der Waals surface area (Å²) in [5, 5.41) is 9.21. The number of carbonyl (C=O) groups is 1. The molecule has 0 bridgehead atoms. The summed E-state index contributed by atoms with van der Waals surface area (Å²) in [6.07, 6.45) is 3.48. The molecule has 0 aliphatic rings. The maximum atomic E-state index is 11.9. The first kappa shape index (κ1) is 11.3. The number of aryl methyl sites for hydroxylation is 1. The lowest BCUT2D eigenvalue weighted by Crippen LogP contribution is -2.25. The van der Waals surface area contributed by atoms with Gasteiger partial charge in [0.2, 0.25) is 0 Å². The third kappa shape index (κ3) is 2.30. The summed E-state index contributed by atoms with van der Waals surface area (Å²) < 4.78 is 1.88. The van der Waals surface area contributed by atoms with Gasteiger partial charge in [-0.05, 0) is 19.1 Å². The molecule has 17 heavy (non-hydrogen) atoms. The Bertz CT molecular complexity index is 513. The van der Waals surface area contributed by atoms with E-state index in [-0.39, 0.29) is 5.91 Å². The van der Waals surface area contributed by atoms with E-state index >= 15 is 0 Å². The number of nitrogens with one attached hydrogen (secondary N) is 2. The topological polar surface area (TPSA) is 88.7 Å². The molecule has 2 rings (SSSR count). The molecule has 4 N–H and O–H groups in total. The zero-order valence-corrected chi connectivity index (χ0v) is 9.60. The van der Waals surface area contributed by atoms with Crippen LogP contribution in [0.4, 0.5) is 5.82 Å². The number of anilines is 1. The lowest BCUT2D eigenvalue weighted by molar-refractivity contribution is 0.0942. The number of H-pyrrole nitrogens is 1. The summed E-state index contributed by atoms with van der Waals surface area (Å²) in [4.78, 5) is 11.9. The molecule has 2 heterocycles. The molecule has 90 valence electrons. The fourth-order valence-corrected chi connectivity index (χ4v) is 1.62. The van der Waals surface area contributed by atoms with E-state index in [1.807, 2.05) is 23.8 Å². The summed E-state index contributed by atoms with van der Waals surface area (Å²) in [5.74, 6) is 0.369. The first-order valence-electron chi connectivity index (χ1n) is 5.43. The van der Waals surface area contributed by atoms with Crippen LogP contribution in [0.5, 0.6) is 0 Å². The standard InChI is InChI=1S/C11H15N5O/c1-2-16-5-3-4-9(16)11(17)13-6-8-7-14-15-10(8)12/h3-5,7H,2,6H2,1H3,(H,13,17)(H3,12,14,15). The molecule has 0 aliphatic carbocycles. The molecule has 0 aliphatic heterocycles. The smallest absolute Gasteiger partial charge is 0.268 e. The van der Waals surface area contributed by atoms with Crippen LogP contribution in [0.25, 0.3) is 0 Å². The van der Waals surface area contributed by atoms with E-state index < -0.39 is 0 Å². The number of hydrogen-bond acceptors (Lipinski definition) is 3. The van der Waals surface area contributed by atoms with Gasteiger partial charge in [-0.1, -0.05) is 0 Å². The molecular weight excluding hydrogens is 218 g/mol. The molecule has 0 saturated carbocycles. The van der Waals surface area contributed by atoms with Crippen LogP contribution in [0.2, 0.25) is 0 Å². The van der Waals surface area contributed by atoms with Gasteiger partial charge in [-0.3, -0.25) is 9.89 Å². The van der Waals surface area contributed by atoms with Gasteiger partial charge in [0.05, 0.1) is 6.20 Å². The van der Waals surface area contributed by atoms with Crippen LogP contribution in [0.15, 0.2) is 24.5 Å². The van der Waals surface area contributed by atoms with Crippen molar-refractivity contribution in [1.82, 2.24) is 20.1 Å². The molecule has 2 aromatic heterocycles. The van der Waals surface area contributed by atoms with Crippen molar-refractivity contribution >= 4 is 11.7 Å². The summed E-state index contributed by atoms with van der Waals surface area (Å²) in [6.45, 7) is 3.13. The summed E-state index contributed by atoms with van der Waals surface area (Å²) >= 11 is 0. The molecule has 0 aromatic carbocycles. The molecule has 2 aromatic rings. The van der Waals surface area contributed by atoms with E-state index in [2.05, 4.69) is 15.5 Å². The third-order valence-corrected chi connectivity index (χ3v) is 2.59. The summed E-state index contributed by atoms with van der Waals surface area (Å²) in [6, 6.07) is 3.64. The first-order chi connectivity index (χ1) is 8.22. The largest absolute Gasteiger partial charge is 0.384 e. The fourth-order valence-electron chi connectivity index (χ4n) is 1.62. The summed E-state index contributed by atoms with van der Waals surface area (Å²) in [5.41, 5.74) is 7.06. The highest BCUT2D eigenvalue weighted by Gasteiger charge is 2.10. The monoisotopic (exact) mass is 233 g/mol. The van der Waals surface area contributed by atoms with Crippen molar-refractivity contribution in [1.29, 1.82) is 0 Å². The predicted molar refractivity (Wildman–Crippen MR) is 64.3 cm³/mol. The van der Waals surface area contributed by atoms with Gasteiger partial charge in [0.1, 0.15) is 11.5 Å². The van der Waals surface area contributed by atoms with Crippen molar-refractivity contribution in [2.45, 2.75) is 20.0 Å². The van der Waals surface area contributed by atoms with Crippen molar-refractivity contribution in [2.75, 3.05) is 5.73 Å². The van der Waals surface area contributed by atoms with Gasteiger partial charge >= 0.3 is 0 Å². The molecule has 0 fully saturated rings. The SMILES string of the molecule is CCn1cccc1C(=O)NCc1cn[nH]c1N. The third-order valence-electron chi connectivity index (χ3n) is 2.59. The second-order valence-electron chi connectivity index (χ2n) is 3.67. The molecular formula is C11H15N5O. The molecule has 0 spiro atoms. The lowest BCUT2D eigenvalue weighted by Gasteiger charge is -2.07. The van der Waals surface area contributed by atoms with Crippen LogP contribution in [-0.2, 0) is 13.1 Å². The van der Waals surface area contributed by atoms with Crippen LogP contribution >= 0.6 is 0 Å². The average Bonchev–Trinajstić information content (AvgIpc) is 2.94. The number of nitrogen functional groups attached to an aromatic ring is 1. The highest BCUT2D eigenvalue weighted by Crippen LogP contribution is 2.06. The minimum absolute atomic E-state index is 0.113. The van der Waals surface area contributed by atoms with Gasteiger partial charge in [-0.15, -0.1) is 0 Å². The Labute approximate surface area is 98.8 Å². The minimum Gasteiger partial charge on any atom is -0.384 e. The highest BCUT2D eigenvalue weighted by atomic mass is 16.1. The Morgan fingerprint density at radius 3 is 3.12 bits per heavy atom. The Morgan fingerprint density at radius 1 is 1.65 bits per heavy atom. The van der Waals surface area contributed by atoms with E-state index in [9.17, 15) is 4.79 Å². The number of carbonyl (C=O) groups excluding carboxylic acids is 1. The Balaban J connectivity index is 2.01. The van der Waals surface area contributed by atoms with Crippen molar-refractivity contribution in [3.63, 3.8) is 0 Å².